The van der Waals surface area contributed by atoms with Gasteiger partial charge in [-0.15, -0.1) is 5.10 Å². The average molecular weight is 301 g/mol. The fraction of sp³-hybridized carbons (Fsp3) is 0.100. The van der Waals surface area contributed by atoms with E-state index in [4.69, 9.17) is 32.0 Å². The molecule has 19 heavy (non-hydrogen) atoms. The fourth-order valence-electron chi connectivity index (χ4n) is 1.53. The van der Waals surface area contributed by atoms with Crippen LogP contribution >= 0.6 is 23.2 Å². The summed E-state index contributed by atoms with van der Waals surface area (Å²) in [7, 11) is 0. The molecule has 98 valence electrons. The van der Waals surface area contributed by atoms with Gasteiger partial charge in [-0.3, -0.25) is 0 Å². The average Bonchev–Trinajstić information content (AvgIpc) is 3.07. The maximum Gasteiger partial charge on any atom is 0.434 e. The Kier molecular flexibility index (Phi) is 2.92. The quantitative estimate of drug-likeness (QED) is 0.800. The first-order valence-electron chi connectivity index (χ1n) is 5.14. The number of H-pyrrole nitrogens is 1. The first-order valence-corrected chi connectivity index (χ1v) is 5.90. The van der Waals surface area contributed by atoms with E-state index in [0.717, 1.165) is 0 Å². The molecule has 0 unspecified atom stereocenters. The molecule has 0 fully saturated rings. The third-order valence-electron chi connectivity index (χ3n) is 2.37. The van der Waals surface area contributed by atoms with Crippen molar-refractivity contribution in [2.75, 3.05) is 0 Å². The number of imidazole rings is 1. The Morgan fingerprint density at radius 1 is 1.32 bits per heavy atom. The van der Waals surface area contributed by atoms with Crippen LogP contribution in [0.25, 0.3) is 11.7 Å². The van der Waals surface area contributed by atoms with Gasteiger partial charge in [0.1, 0.15) is 10.9 Å². The van der Waals surface area contributed by atoms with E-state index in [9.17, 15) is 4.79 Å². The highest BCUT2D eigenvalue weighted by molar-refractivity contribution is 6.40. The van der Waals surface area contributed by atoms with Crippen LogP contribution in [0.15, 0.2) is 32.1 Å². The van der Waals surface area contributed by atoms with Gasteiger partial charge in [-0.05, 0) is 12.1 Å². The smallest absolute Gasteiger partial charge is 0.434 e. The normalized spacial score (nSPS) is 11.1. The van der Waals surface area contributed by atoms with E-state index in [1.54, 1.807) is 16.7 Å². The van der Waals surface area contributed by atoms with Gasteiger partial charge in [0.25, 0.3) is 5.89 Å². The van der Waals surface area contributed by atoms with E-state index in [-0.39, 0.29) is 11.0 Å². The monoisotopic (exact) mass is 300 g/mol. The van der Waals surface area contributed by atoms with Gasteiger partial charge in [-0.1, -0.05) is 23.2 Å². The number of nitrogens with zero attached hydrogens (tertiary/aromatic N) is 3. The van der Waals surface area contributed by atoms with Gasteiger partial charge in [-0.25, -0.2) is 14.9 Å². The first kappa shape index (κ1) is 12.1. The summed E-state index contributed by atoms with van der Waals surface area (Å²) in [5.41, 5.74) is 0. The van der Waals surface area contributed by atoms with Crippen LogP contribution in [-0.2, 0) is 6.54 Å². The lowest BCUT2D eigenvalue weighted by Crippen LogP contribution is -1.96. The van der Waals surface area contributed by atoms with Crippen LogP contribution in [-0.4, -0.2) is 19.7 Å². The number of rotatable bonds is 3. The molecule has 0 spiro atoms. The summed E-state index contributed by atoms with van der Waals surface area (Å²) in [6, 6.07) is 3.36. The molecule has 3 aromatic rings. The van der Waals surface area contributed by atoms with Crippen molar-refractivity contribution in [3.63, 3.8) is 0 Å². The highest BCUT2D eigenvalue weighted by Crippen LogP contribution is 2.23. The highest BCUT2D eigenvalue weighted by Gasteiger charge is 2.12. The summed E-state index contributed by atoms with van der Waals surface area (Å²) in [4.78, 5) is 14.7. The molecule has 9 heteroatoms. The van der Waals surface area contributed by atoms with Crippen LogP contribution in [0.5, 0.6) is 0 Å². The summed E-state index contributed by atoms with van der Waals surface area (Å²) in [5, 5.41) is 6.37. The van der Waals surface area contributed by atoms with Crippen LogP contribution in [0.1, 0.15) is 5.76 Å². The molecular formula is C10H6Cl2N4O3. The van der Waals surface area contributed by atoms with E-state index < -0.39 is 5.76 Å². The fourth-order valence-corrected chi connectivity index (χ4v) is 1.84. The number of hydrogen-bond donors (Lipinski definition) is 1. The Morgan fingerprint density at radius 2 is 2.16 bits per heavy atom. The number of aromatic amines is 1. The zero-order valence-electron chi connectivity index (χ0n) is 9.26. The molecule has 0 aromatic carbocycles. The molecule has 0 aliphatic rings. The molecule has 0 bridgehead atoms. The minimum Gasteiger partial charge on any atom is -0.454 e. The zero-order valence-corrected chi connectivity index (χ0v) is 10.8. The molecule has 0 amide bonds. The maximum absolute atomic E-state index is 10.8. The van der Waals surface area contributed by atoms with E-state index in [0.29, 0.717) is 23.2 Å². The number of furan rings is 1. The molecule has 0 radical (unpaired) electrons. The second-order valence-electron chi connectivity index (χ2n) is 3.64. The summed E-state index contributed by atoms with van der Waals surface area (Å²) in [5.74, 6) is 0.385. The van der Waals surface area contributed by atoms with Crippen LogP contribution in [0.4, 0.5) is 0 Å². The molecule has 7 nitrogen and oxygen atoms in total. The predicted octanol–water partition coefficient (Wildman–Crippen LogP) is 2.17. The van der Waals surface area contributed by atoms with Crippen LogP contribution in [0.3, 0.4) is 0 Å². The van der Waals surface area contributed by atoms with Crippen molar-refractivity contribution < 1.29 is 8.83 Å². The molecule has 0 aliphatic carbocycles. The van der Waals surface area contributed by atoms with Gasteiger partial charge in [0.05, 0.1) is 12.9 Å². The van der Waals surface area contributed by atoms with Crippen molar-refractivity contribution in [3.8, 4) is 11.7 Å². The number of halogens is 2. The summed E-state index contributed by atoms with van der Waals surface area (Å²) < 4.78 is 11.9. The number of nitrogens with one attached hydrogen (secondary N) is 1. The molecule has 3 heterocycles. The van der Waals surface area contributed by atoms with Crippen molar-refractivity contribution in [3.05, 3.63) is 45.1 Å². The van der Waals surface area contributed by atoms with Gasteiger partial charge in [0.2, 0.25) is 0 Å². The minimum absolute atomic E-state index is 0.0889. The van der Waals surface area contributed by atoms with Gasteiger partial charge in [0.15, 0.2) is 10.9 Å². The van der Waals surface area contributed by atoms with Crippen molar-refractivity contribution in [1.82, 2.24) is 19.7 Å². The summed E-state index contributed by atoms with van der Waals surface area (Å²) in [6.45, 7) is 0.354. The number of hydrogen-bond acceptors (Lipinski definition) is 5. The lowest BCUT2D eigenvalue weighted by atomic mass is 10.4. The summed E-state index contributed by atoms with van der Waals surface area (Å²) >= 11 is 11.7. The molecule has 0 atom stereocenters. The Bertz CT molecular complexity index is 770. The summed E-state index contributed by atoms with van der Waals surface area (Å²) in [6.07, 6.45) is 1.50. The maximum atomic E-state index is 10.8. The molecular weight excluding hydrogens is 295 g/mol. The largest absolute Gasteiger partial charge is 0.454 e. The van der Waals surface area contributed by atoms with Crippen LogP contribution in [0.2, 0.25) is 10.3 Å². The topological polar surface area (TPSA) is 89.9 Å². The van der Waals surface area contributed by atoms with Crippen molar-refractivity contribution in [2.45, 2.75) is 6.54 Å². The lowest BCUT2D eigenvalue weighted by molar-refractivity contribution is 0.466. The SMILES string of the molecule is O=c1[nH]nc(-c2ccc(Cn3cnc(Cl)c3Cl)o2)o1. The standard InChI is InChI=1S/C10H6Cl2N4O3/c11-7-8(12)16(4-13-7)3-5-1-2-6(18-5)9-14-15-10(17)19-9/h1-2,4H,3H2,(H,15,17). The van der Waals surface area contributed by atoms with Gasteiger partial charge in [-0.2, -0.15) is 0 Å². The van der Waals surface area contributed by atoms with E-state index in [1.807, 2.05) is 0 Å². The Morgan fingerprint density at radius 3 is 2.79 bits per heavy atom. The first-order chi connectivity index (χ1) is 9.13. The molecule has 3 aromatic heterocycles. The molecule has 0 saturated heterocycles. The van der Waals surface area contributed by atoms with Crippen molar-refractivity contribution in [2.24, 2.45) is 0 Å². The van der Waals surface area contributed by atoms with Gasteiger partial charge in [0, 0.05) is 0 Å². The van der Waals surface area contributed by atoms with Crippen molar-refractivity contribution >= 4 is 23.2 Å². The molecule has 3 rings (SSSR count). The predicted molar refractivity (Wildman–Crippen MR) is 66.2 cm³/mol. The Hall–Kier alpha value is -1.99. The van der Waals surface area contributed by atoms with E-state index in [2.05, 4.69) is 15.2 Å². The minimum atomic E-state index is -0.641. The van der Waals surface area contributed by atoms with Gasteiger partial charge < -0.3 is 13.4 Å². The molecule has 0 saturated carbocycles. The zero-order chi connectivity index (χ0) is 13.4. The second kappa shape index (κ2) is 4.60. The van der Waals surface area contributed by atoms with Crippen molar-refractivity contribution in [1.29, 1.82) is 0 Å². The number of aromatic nitrogens is 4. The highest BCUT2D eigenvalue weighted by atomic mass is 35.5. The van der Waals surface area contributed by atoms with Crippen LogP contribution in [0, 0.1) is 0 Å². The van der Waals surface area contributed by atoms with Crippen LogP contribution < -0.4 is 5.76 Å². The molecule has 0 aliphatic heterocycles. The Labute approximate surface area is 115 Å². The molecule has 1 N–H and O–H groups in total. The van der Waals surface area contributed by atoms with Gasteiger partial charge >= 0.3 is 5.76 Å². The van der Waals surface area contributed by atoms with E-state index >= 15 is 0 Å². The third-order valence-corrected chi connectivity index (χ3v) is 3.14. The Balaban J connectivity index is 1.86. The lowest BCUT2D eigenvalue weighted by Gasteiger charge is -1.99. The second-order valence-corrected chi connectivity index (χ2v) is 4.35. The third kappa shape index (κ3) is 2.29. The van der Waals surface area contributed by atoms with E-state index in [1.165, 1.54) is 6.33 Å².